The predicted octanol–water partition coefficient (Wildman–Crippen LogP) is -1.46. The lowest BCUT2D eigenvalue weighted by molar-refractivity contribution is -0.138. The van der Waals surface area contributed by atoms with Crippen molar-refractivity contribution >= 4 is 24.3 Å². The van der Waals surface area contributed by atoms with Gasteiger partial charge in [0, 0.05) is 0 Å². The topological polar surface area (TPSA) is 137 Å². The molecule has 0 bridgehead atoms. The van der Waals surface area contributed by atoms with E-state index in [-0.39, 0.29) is 24.0 Å². The third-order valence-corrected chi connectivity index (χ3v) is 1.73. The van der Waals surface area contributed by atoms with Crippen LogP contribution >= 0.6 is 12.4 Å². The second-order valence-electron chi connectivity index (χ2n) is 2.68. The van der Waals surface area contributed by atoms with Crippen LogP contribution in [0.15, 0.2) is 4.79 Å². The summed E-state index contributed by atoms with van der Waals surface area (Å²) in [6.07, 6.45) is 0. The van der Waals surface area contributed by atoms with Gasteiger partial charge in [0.25, 0.3) is 5.56 Å². The third kappa shape index (κ3) is 2.34. The molecule has 0 aliphatic heterocycles. The highest BCUT2D eigenvalue weighted by molar-refractivity contribution is 5.85. The van der Waals surface area contributed by atoms with Crippen LogP contribution in [0.2, 0.25) is 0 Å². The second kappa shape index (κ2) is 4.60. The molecule has 9 heteroatoms. The summed E-state index contributed by atoms with van der Waals surface area (Å²) < 4.78 is 0.557. The van der Waals surface area contributed by atoms with Crippen molar-refractivity contribution in [2.24, 2.45) is 0 Å². The molecule has 0 spiro atoms. The summed E-state index contributed by atoms with van der Waals surface area (Å²) in [5.74, 6) is 2.69. The minimum Gasteiger partial charge on any atom is -0.481 e. The number of rotatable bonds is 2. The molecule has 1 atom stereocenters. The van der Waals surface area contributed by atoms with Crippen LogP contribution in [0.5, 0.6) is 0 Å². The van der Waals surface area contributed by atoms with E-state index >= 15 is 0 Å². The van der Waals surface area contributed by atoms with E-state index in [9.17, 15) is 9.59 Å². The second-order valence-corrected chi connectivity index (χ2v) is 2.68. The zero-order chi connectivity index (χ0) is 10.9. The molecule has 1 unspecified atom stereocenters. The Kier molecular flexibility index (Phi) is 4.04. The maximum absolute atomic E-state index is 11.3. The first-order valence-electron chi connectivity index (χ1n) is 3.68. The number of aromatic nitrogens is 3. The number of hydrogen-bond donors (Lipinski definition) is 3. The lowest BCUT2D eigenvalue weighted by Gasteiger charge is -2.06. The van der Waals surface area contributed by atoms with Gasteiger partial charge in [0.2, 0.25) is 5.95 Å². The largest absolute Gasteiger partial charge is 0.481 e. The smallest absolute Gasteiger partial charge is 0.312 e. The molecule has 0 saturated heterocycles. The lowest BCUT2D eigenvalue weighted by Crippen LogP contribution is -2.36. The fraction of sp³-hybridized carbons (Fsp3) is 0.333. The van der Waals surface area contributed by atoms with Crippen LogP contribution in [-0.2, 0) is 4.79 Å². The predicted molar refractivity (Wildman–Crippen MR) is 54.2 cm³/mol. The third-order valence-electron chi connectivity index (χ3n) is 1.73. The Labute approximate surface area is 90.3 Å². The standard InChI is InChI=1S/C6H9N5O3.ClH/c1-2(5(13)14)3-4(12)11(8)6(7)10-9-3;/h2H,8H2,1H3,(H2,7,10)(H,13,14);1H. The van der Waals surface area contributed by atoms with Crippen LogP contribution in [0.3, 0.4) is 0 Å². The average molecular weight is 236 g/mol. The molecule has 0 radical (unpaired) electrons. The van der Waals surface area contributed by atoms with Gasteiger partial charge in [-0.05, 0) is 6.92 Å². The van der Waals surface area contributed by atoms with Gasteiger partial charge in [-0.1, -0.05) is 0 Å². The monoisotopic (exact) mass is 235 g/mol. The zero-order valence-corrected chi connectivity index (χ0v) is 8.56. The molecule has 0 aliphatic rings. The van der Waals surface area contributed by atoms with Gasteiger partial charge < -0.3 is 16.7 Å². The van der Waals surface area contributed by atoms with Crippen molar-refractivity contribution < 1.29 is 9.90 Å². The molecule has 0 amide bonds. The van der Waals surface area contributed by atoms with Crippen LogP contribution < -0.4 is 17.1 Å². The Morgan fingerprint density at radius 3 is 2.53 bits per heavy atom. The van der Waals surface area contributed by atoms with Gasteiger partial charge in [-0.2, -0.15) is 4.68 Å². The Morgan fingerprint density at radius 1 is 1.53 bits per heavy atom. The number of carboxylic acid groups (broad SMARTS) is 1. The van der Waals surface area contributed by atoms with Crippen LogP contribution in [-0.4, -0.2) is 25.9 Å². The molecule has 0 aromatic carbocycles. The van der Waals surface area contributed by atoms with Gasteiger partial charge in [-0.3, -0.25) is 9.59 Å². The van der Waals surface area contributed by atoms with Gasteiger partial charge in [-0.15, -0.1) is 22.6 Å². The highest BCUT2D eigenvalue weighted by Gasteiger charge is 2.21. The highest BCUT2D eigenvalue weighted by atomic mass is 35.5. The van der Waals surface area contributed by atoms with Gasteiger partial charge in [0.1, 0.15) is 11.6 Å². The van der Waals surface area contributed by atoms with E-state index in [0.29, 0.717) is 4.68 Å². The van der Waals surface area contributed by atoms with E-state index in [1.807, 2.05) is 0 Å². The zero-order valence-electron chi connectivity index (χ0n) is 7.75. The van der Waals surface area contributed by atoms with E-state index in [0.717, 1.165) is 0 Å². The molecule has 84 valence electrons. The maximum atomic E-state index is 11.3. The maximum Gasteiger partial charge on any atom is 0.312 e. The summed E-state index contributed by atoms with van der Waals surface area (Å²) in [5, 5.41) is 15.4. The summed E-state index contributed by atoms with van der Waals surface area (Å²) in [6, 6.07) is 0. The van der Waals surface area contributed by atoms with Crippen molar-refractivity contribution in [1.29, 1.82) is 0 Å². The quantitative estimate of drug-likeness (QED) is 0.533. The van der Waals surface area contributed by atoms with Crippen molar-refractivity contribution in [3.63, 3.8) is 0 Å². The van der Waals surface area contributed by atoms with Gasteiger partial charge in [0.15, 0.2) is 0 Å². The van der Waals surface area contributed by atoms with Crippen LogP contribution in [0.25, 0.3) is 0 Å². The normalized spacial score (nSPS) is 11.5. The summed E-state index contributed by atoms with van der Waals surface area (Å²) >= 11 is 0. The first-order chi connectivity index (χ1) is 6.45. The minimum absolute atomic E-state index is 0. The Hall–Kier alpha value is -1.83. The molecule has 15 heavy (non-hydrogen) atoms. The van der Waals surface area contributed by atoms with E-state index in [1.54, 1.807) is 0 Å². The Bertz CT molecular complexity index is 431. The van der Waals surface area contributed by atoms with Gasteiger partial charge in [-0.25, -0.2) is 0 Å². The highest BCUT2D eigenvalue weighted by Crippen LogP contribution is 2.06. The van der Waals surface area contributed by atoms with Gasteiger partial charge >= 0.3 is 5.97 Å². The number of hydrogen-bond acceptors (Lipinski definition) is 6. The molecule has 5 N–H and O–H groups in total. The summed E-state index contributed by atoms with van der Waals surface area (Å²) in [5.41, 5.74) is 4.18. The van der Waals surface area contributed by atoms with E-state index in [2.05, 4.69) is 10.2 Å². The minimum atomic E-state index is -1.18. The summed E-state index contributed by atoms with van der Waals surface area (Å²) in [7, 11) is 0. The van der Waals surface area contributed by atoms with E-state index in [1.165, 1.54) is 6.92 Å². The number of carboxylic acids is 1. The molecule has 1 aromatic heterocycles. The van der Waals surface area contributed by atoms with Crippen molar-refractivity contribution in [2.45, 2.75) is 12.8 Å². The number of halogens is 1. The number of nitrogens with zero attached hydrogens (tertiary/aromatic N) is 3. The molecule has 0 saturated carbocycles. The molecule has 1 heterocycles. The molecular formula is C6H10ClN5O3. The molecular weight excluding hydrogens is 226 g/mol. The fourth-order valence-corrected chi connectivity index (χ4v) is 0.812. The molecule has 8 nitrogen and oxygen atoms in total. The van der Waals surface area contributed by atoms with Crippen LogP contribution in [0.4, 0.5) is 5.95 Å². The number of anilines is 1. The summed E-state index contributed by atoms with van der Waals surface area (Å²) in [4.78, 5) is 21.9. The number of nitrogens with two attached hydrogens (primary N) is 2. The average Bonchev–Trinajstić information content (AvgIpc) is 2.13. The summed E-state index contributed by atoms with van der Waals surface area (Å²) in [6.45, 7) is 1.31. The molecule has 0 aliphatic carbocycles. The molecule has 0 fully saturated rings. The number of carbonyl (C=O) groups is 1. The molecule has 1 rings (SSSR count). The van der Waals surface area contributed by atoms with E-state index in [4.69, 9.17) is 16.7 Å². The van der Waals surface area contributed by atoms with Crippen molar-refractivity contribution in [3.8, 4) is 0 Å². The first kappa shape index (κ1) is 13.2. The lowest BCUT2D eigenvalue weighted by atomic mass is 10.1. The molecule has 1 aromatic rings. The number of aliphatic carboxylic acids is 1. The van der Waals surface area contributed by atoms with E-state index < -0.39 is 17.4 Å². The van der Waals surface area contributed by atoms with Gasteiger partial charge in [0.05, 0.1) is 0 Å². The Morgan fingerprint density at radius 2 is 2.07 bits per heavy atom. The van der Waals surface area contributed by atoms with Crippen molar-refractivity contribution in [1.82, 2.24) is 14.9 Å². The van der Waals surface area contributed by atoms with Crippen molar-refractivity contribution in [2.75, 3.05) is 11.6 Å². The van der Waals surface area contributed by atoms with Crippen LogP contribution in [0, 0.1) is 0 Å². The SMILES string of the molecule is CC(C(=O)O)c1nnc(N)n(N)c1=O.Cl. The Balaban J connectivity index is 0.00000196. The number of nitrogen functional groups attached to an aromatic ring is 2. The van der Waals surface area contributed by atoms with Crippen LogP contribution in [0.1, 0.15) is 18.5 Å². The first-order valence-corrected chi connectivity index (χ1v) is 3.68. The van der Waals surface area contributed by atoms with Crippen molar-refractivity contribution in [3.05, 3.63) is 16.0 Å². The fourth-order valence-electron chi connectivity index (χ4n) is 0.812.